The van der Waals surface area contributed by atoms with E-state index >= 15 is 0 Å². The highest BCUT2D eigenvalue weighted by atomic mass is 16.6. The van der Waals surface area contributed by atoms with Gasteiger partial charge in [0.25, 0.3) is 0 Å². The van der Waals surface area contributed by atoms with Crippen molar-refractivity contribution in [3.63, 3.8) is 0 Å². The Morgan fingerprint density at radius 2 is 1.48 bits per heavy atom. The normalized spacial score (nSPS) is 21.3. The Balaban J connectivity index is 1.89. The van der Waals surface area contributed by atoms with Crippen LogP contribution in [-0.2, 0) is 9.53 Å². The number of carboxylic acid groups (broad SMARTS) is 1. The Hall–Kier alpha value is -1.61. The lowest BCUT2D eigenvalue weighted by Gasteiger charge is -1.92. The molecule has 23 heavy (non-hydrogen) atoms. The van der Waals surface area contributed by atoms with Crippen molar-refractivity contribution in [1.29, 1.82) is 0 Å². The second-order valence-corrected chi connectivity index (χ2v) is 5.72. The molecule has 0 amide bonds. The maximum atomic E-state index is 10.6. The predicted molar refractivity (Wildman–Crippen MR) is 95.5 cm³/mol. The molecule has 1 rings (SSSR count). The van der Waals surface area contributed by atoms with Gasteiger partial charge in [0.2, 0.25) is 0 Å². The van der Waals surface area contributed by atoms with Crippen LogP contribution in [0.1, 0.15) is 58.3 Å². The lowest BCUT2D eigenvalue weighted by Crippen LogP contribution is -2.07. The summed E-state index contributed by atoms with van der Waals surface area (Å²) in [7, 11) is 0. The first-order valence-corrected chi connectivity index (χ1v) is 8.74. The van der Waals surface area contributed by atoms with Crippen LogP contribution in [0.2, 0.25) is 0 Å². The van der Waals surface area contributed by atoms with Crippen molar-refractivity contribution in [1.82, 2.24) is 0 Å². The van der Waals surface area contributed by atoms with E-state index in [0.29, 0.717) is 6.42 Å². The van der Waals surface area contributed by atoms with Crippen molar-refractivity contribution in [3.8, 4) is 0 Å². The summed E-state index contributed by atoms with van der Waals surface area (Å²) in [4.78, 5) is 10.6. The van der Waals surface area contributed by atoms with E-state index in [1.807, 2.05) is 6.08 Å². The maximum Gasteiger partial charge on any atom is 0.335 e. The average Bonchev–Trinajstić information content (AvgIpc) is 3.31. The van der Waals surface area contributed by atoms with Gasteiger partial charge in [-0.1, -0.05) is 55.5 Å². The van der Waals surface area contributed by atoms with Crippen LogP contribution >= 0.6 is 0 Å². The van der Waals surface area contributed by atoms with Crippen molar-refractivity contribution in [2.45, 2.75) is 70.5 Å². The number of hydrogen-bond donors (Lipinski definition) is 1. The molecule has 0 aromatic rings. The molecule has 0 aromatic carbocycles. The Kier molecular flexibility index (Phi) is 10.9. The molecule has 3 nitrogen and oxygen atoms in total. The van der Waals surface area contributed by atoms with E-state index in [-0.39, 0.29) is 6.10 Å². The van der Waals surface area contributed by atoms with Gasteiger partial charge in [0.1, 0.15) is 0 Å². The highest BCUT2D eigenvalue weighted by Crippen LogP contribution is 2.25. The van der Waals surface area contributed by atoms with Crippen LogP contribution in [-0.4, -0.2) is 23.3 Å². The number of aliphatic carboxylic acids is 1. The molecule has 0 saturated carbocycles. The van der Waals surface area contributed by atoms with E-state index in [2.05, 4.69) is 49.5 Å². The molecule has 2 unspecified atom stereocenters. The number of ether oxygens (including phenoxy) is 1. The molecule has 3 heteroatoms. The van der Waals surface area contributed by atoms with Gasteiger partial charge in [-0.05, 0) is 51.4 Å². The van der Waals surface area contributed by atoms with Crippen LogP contribution in [0.15, 0.2) is 48.6 Å². The minimum atomic E-state index is -0.854. The van der Waals surface area contributed by atoms with Crippen LogP contribution in [0.5, 0.6) is 0 Å². The van der Waals surface area contributed by atoms with Gasteiger partial charge in [-0.2, -0.15) is 0 Å². The molecule has 1 aliphatic heterocycles. The summed E-state index contributed by atoms with van der Waals surface area (Å²) >= 11 is 0. The smallest absolute Gasteiger partial charge is 0.335 e. The maximum absolute atomic E-state index is 10.6. The first-order chi connectivity index (χ1) is 11.3. The molecule has 2 atom stereocenters. The van der Waals surface area contributed by atoms with Crippen LogP contribution in [0.25, 0.3) is 0 Å². The SMILES string of the molecule is CCC=CCCCCC=CCC=CCC=CCC1OC1C(=O)O. The zero-order chi connectivity index (χ0) is 16.8. The van der Waals surface area contributed by atoms with Crippen molar-refractivity contribution in [2.75, 3.05) is 0 Å². The fraction of sp³-hybridized carbons (Fsp3) is 0.550. The van der Waals surface area contributed by atoms with Crippen molar-refractivity contribution >= 4 is 5.97 Å². The Bertz CT molecular complexity index is 432. The third-order valence-corrected chi connectivity index (χ3v) is 3.63. The molecule has 1 N–H and O–H groups in total. The van der Waals surface area contributed by atoms with Gasteiger partial charge in [-0.3, -0.25) is 0 Å². The third kappa shape index (κ3) is 10.7. The fourth-order valence-electron chi connectivity index (χ4n) is 2.24. The highest BCUT2D eigenvalue weighted by molar-refractivity contribution is 5.75. The fourth-order valence-corrected chi connectivity index (χ4v) is 2.24. The molecule has 1 fully saturated rings. The summed E-state index contributed by atoms with van der Waals surface area (Å²) in [5, 5.41) is 8.68. The molecular weight excluding hydrogens is 288 g/mol. The number of hydrogen-bond acceptors (Lipinski definition) is 2. The van der Waals surface area contributed by atoms with Crippen LogP contribution < -0.4 is 0 Å². The molecule has 0 aromatic heterocycles. The van der Waals surface area contributed by atoms with Crippen LogP contribution in [0, 0.1) is 0 Å². The molecule has 0 bridgehead atoms. The monoisotopic (exact) mass is 318 g/mol. The molecule has 128 valence electrons. The zero-order valence-corrected chi connectivity index (χ0v) is 14.2. The van der Waals surface area contributed by atoms with Crippen molar-refractivity contribution < 1.29 is 14.6 Å². The van der Waals surface area contributed by atoms with Gasteiger partial charge in [0.05, 0.1) is 6.10 Å². The molecule has 1 heterocycles. The van der Waals surface area contributed by atoms with E-state index in [9.17, 15) is 4.79 Å². The second kappa shape index (κ2) is 12.9. The van der Waals surface area contributed by atoms with Crippen molar-refractivity contribution in [3.05, 3.63) is 48.6 Å². The summed E-state index contributed by atoms with van der Waals surface area (Å²) in [6, 6.07) is 0. The molecule has 0 spiro atoms. The minimum absolute atomic E-state index is 0.117. The van der Waals surface area contributed by atoms with Crippen LogP contribution in [0.4, 0.5) is 0 Å². The summed E-state index contributed by atoms with van der Waals surface area (Å²) in [6.45, 7) is 2.17. The highest BCUT2D eigenvalue weighted by Gasteiger charge is 2.43. The Morgan fingerprint density at radius 3 is 2.04 bits per heavy atom. The summed E-state index contributed by atoms with van der Waals surface area (Å²) in [5.74, 6) is -0.854. The Labute approximate surface area is 140 Å². The summed E-state index contributed by atoms with van der Waals surface area (Å²) in [6.07, 6.45) is 25.3. The Morgan fingerprint density at radius 1 is 0.913 bits per heavy atom. The number of carboxylic acids is 1. The van der Waals surface area contributed by atoms with Crippen LogP contribution in [0.3, 0.4) is 0 Å². The number of unbranched alkanes of at least 4 members (excludes halogenated alkanes) is 3. The van der Waals surface area contributed by atoms with E-state index in [1.165, 1.54) is 25.7 Å². The number of allylic oxidation sites excluding steroid dienone is 7. The first kappa shape index (κ1) is 19.4. The van der Waals surface area contributed by atoms with E-state index in [0.717, 1.165) is 19.3 Å². The van der Waals surface area contributed by atoms with Crippen molar-refractivity contribution in [2.24, 2.45) is 0 Å². The van der Waals surface area contributed by atoms with Gasteiger partial charge < -0.3 is 9.84 Å². The molecule has 1 saturated heterocycles. The third-order valence-electron chi connectivity index (χ3n) is 3.63. The van der Waals surface area contributed by atoms with Gasteiger partial charge in [-0.15, -0.1) is 0 Å². The second-order valence-electron chi connectivity index (χ2n) is 5.72. The minimum Gasteiger partial charge on any atom is -0.479 e. The van der Waals surface area contributed by atoms with Gasteiger partial charge in [0, 0.05) is 0 Å². The van der Waals surface area contributed by atoms with Gasteiger partial charge >= 0.3 is 5.97 Å². The van der Waals surface area contributed by atoms with E-state index in [4.69, 9.17) is 9.84 Å². The zero-order valence-electron chi connectivity index (χ0n) is 14.2. The lowest BCUT2D eigenvalue weighted by atomic mass is 10.1. The van der Waals surface area contributed by atoms with E-state index < -0.39 is 12.1 Å². The summed E-state index contributed by atoms with van der Waals surface area (Å²) < 4.78 is 5.02. The molecule has 0 radical (unpaired) electrons. The number of rotatable bonds is 13. The predicted octanol–water partition coefficient (Wildman–Crippen LogP) is 5.20. The first-order valence-electron chi connectivity index (χ1n) is 8.74. The quantitative estimate of drug-likeness (QED) is 0.288. The lowest BCUT2D eigenvalue weighted by molar-refractivity contribution is -0.138. The molecular formula is C20H30O3. The molecule has 1 aliphatic rings. The summed E-state index contributed by atoms with van der Waals surface area (Å²) in [5.41, 5.74) is 0. The number of carbonyl (C=O) groups is 1. The largest absolute Gasteiger partial charge is 0.479 e. The van der Waals surface area contributed by atoms with E-state index in [1.54, 1.807) is 0 Å². The van der Waals surface area contributed by atoms with Gasteiger partial charge in [-0.25, -0.2) is 4.79 Å². The standard InChI is InChI=1S/C20H30O3/c1-2-3-4-5-6-7-8-9-10-11-12-13-14-15-16-17-18-19(23-18)20(21)22/h3-4,9-10,12-13,15-16,18-19H,2,5-8,11,14,17H2,1H3,(H,21,22). The number of epoxide rings is 1. The average molecular weight is 318 g/mol. The molecule has 0 aliphatic carbocycles. The van der Waals surface area contributed by atoms with Gasteiger partial charge in [0.15, 0.2) is 6.10 Å². The topological polar surface area (TPSA) is 49.8 Å².